The highest BCUT2D eigenvalue weighted by Gasteiger charge is 2.20. The van der Waals surface area contributed by atoms with Gasteiger partial charge in [-0.1, -0.05) is 11.2 Å². The topological polar surface area (TPSA) is 96.4 Å². The molecule has 0 radical (unpaired) electrons. The molecule has 2 aliphatic rings. The Hall–Kier alpha value is -3.72. The highest BCUT2D eigenvalue weighted by atomic mass is 16.5. The highest BCUT2D eigenvalue weighted by Crippen LogP contribution is 2.36. The summed E-state index contributed by atoms with van der Waals surface area (Å²) in [6.45, 7) is 3.99. The van der Waals surface area contributed by atoms with Crippen LogP contribution in [0.3, 0.4) is 0 Å². The molecule has 0 amide bonds. The average molecular weight is 429 g/mol. The fourth-order valence-corrected chi connectivity index (χ4v) is 4.46. The number of fused-ring (bicyclic) bond motifs is 1. The van der Waals surface area contributed by atoms with Crippen LogP contribution in [-0.4, -0.2) is 50.9 Å². The summed E-state index contributed by atoms with van der Waals surface area (Å²) in [5, 5.41) is 15.3. The Morgan fingerprint density at radius 1 is 1.06 bits per heavy atom. The number of hydrogen-bond acceptors (Lipinski definition) is 8. The van der Waals surface area contributed by atoms with Crippen LogP contribution in [-0.2, 0) is 0 Å². The van der Waals surface area contributed by atoms with Gasteiger partial charge in [0.25, 0.3) is 0 Å². The molecule has 6 rings (SSSR count). The van der Waals surface area contributed by atoms with E-state index in [0.717, 1.165) is 79.3 Å². The third-order valence-corrected chi connectivity index (χ3v) is 6.08. The molecule has 4 aromatic heterocycles. The second-order valence-corrected chi connectivity index (χ2v) is 8.12. The minimum Gasteiger partial charge on any atom is -0.368 e. The van der Waals surface area contributed by atoms with Gasteiger partial charge in [-0.3, -0.25) is 0 Å². The van der Waals surface area contributed by atoms with Gasteiger partial charge >= 0.3 is 0 Å². The molecule has 4 aromatic rings. The van der Waals surface area contributed by atoms with Crippen molar-refractivity contribution in [2.45, 2.75) is 19.3 Å². The summed E-state index contributed by atoms with van der Waals surface area (Å²) in [4.78, 5) is 11.4. The van der Waals surface area contributed by atoms with Crippen LogP contribution in [0.4, 0.5) is 17.5 Å². The summed E-state index contributed by atoms with van der Waals surface area (Å²) in [6, 6.07) is 6.16. The van der Waals surface area contributed by atoms with Crippen LogP contribution < -0.4 is 15.5 Å². The lowest BCUT2D eigenvalue weighted by atomic mass is 10.0. The van der Waals surface area contributed by atoms with Crippen LogP contribution in [0, 0.1) is 0 Å². The normalized spacial score (nSPS) is 16.5. The van der Waals surface area contributed by atoms with Crippen LogP contribution in [0.15, 0.2) is 53.7 Å². The third-order valence-electron chi connectivity index (χ3n) is 6.08. The molecule has 0 spiro atoms. The molecule has 0 atom stereocenters. The van der Waals surface area contributed by atoms with E-state index >= 15 is 0 Å². The molecule has 32 heavy (non-hydrogen) atoms. The van der Waals surface area contributed by atoms with Crippen molar-refractivity contribution in [3.8, 4) is 11.1 Å². The molecule has 9 nitrogen and oxygen atoms in total. The minimum absolute atomic E-state index is 0.507. The maximum absolute atomic E-state index is 5.10. The number of nitrogens with one attached hydrogen (secondary N) is 2. The number of pyridine rings is 1. The van der Waals surface area contributed by atoms with Crippen molar-refractivity contribution < 1.29 is 4.52 Å². The predicted octanol–water partition coefficient (Wildman–Crippen LogP) is 3.50. The Balaban J connectivity index is 1.32. The van der Waals surface area contributed by atoms with E-state index in [-0.39, 0.29) is 0 Å². The number of rotatable bonds is 5. The van der Waals surface area contributed by atoms with Crippen LogP contribution in [0.2, 0.25) is 0 Å². The number of nitrogens with zero attached hydrogens (tertiary/aromatic N) is 6. The standard InChI is InChI=1S/C23H24N8O/c1-2-4-16(3-1)22-20(17-12-27-32-15-17)11-19-14-26-23(29-31(19)22)28-21-6-5-18(13-25-21)30-9-7-24-8-10-30/h3,5-6,11-15,24H,1-2,4,7-10H2,(H,25,28,29). The highest BCUT2D eigenvalue weighted by molar-refractivity contribution is 5.84. The zero-order valence-corrected chi connectivity index (χ0v) is 17.7. The lowest BCUT2D eigenvalue weighted by Crippen LogP contribution is -2.43. The van der Waals surface area contributed by atoms with E-state index in [1.165, 1.54) is 5.57 Å². The van der Waals surface area contributed by atoms with Crippen LogP contribution >= 0.6 is 0 Å². The van der Waals surface area contributed by atoms with E-state index in [2.05, 4.69) is 48.9 Å². The van der Waals surface area contributed by atoms with Gasteiger partial charge in [0.1, 0.15) is 12.1 Å². The largest absolute Gasteiger partial charge is 0.368 e. The van der Waals surface area contributed by atoms with Gasteiger partial charge in [-0.2, -0.15) is 0 Å². The van der Waals surface area contributed by atoms with Crippen molar-refractivity contribution in [2.24, 2.45) is 0 Å². The van der Waals surface area contributed by atoms with Crippen LogP contribution in [0.25, 0.3) is 22.2 Å². The first kappa shape index (κ1) is 19.0. The van der Waals surface area contributed by atoms with Gasteiger partial charge < -0.3 is 20.1 Å². The number of allylic oxidation sites excluding steroid dienone is 2. The molecule has 162 valence electrons. The van der Waals surface area contributed by atoms with E-state index in [0.29, 0.717) is 5.95 Å². The third kappa shape index (κ3) is 3.50. The Bertz CT molecular complexity index is 1250. The maximum atomic E-state index is 5.10. The summed E-state index contributed by atoms with van der Waals surface area (Å²) < 4.78 is 7.06. The Morgan fingerprint density at radius 2 is 2.00 bits per heavy atom. The second kappa shape index (κ2) is 8.08. The monoisotopic (exact) mass is 428 g/mol. The quantitative estimate of drug-likeness (QED) is 0.499. The molecule has 0 unspecified atom stereocenters. The minimum atomic E-state index is 0.507. The number of anilines is 3. The van der Waals surface area contributed by atoms with Gasteiger partial charge in [-0.25, -0.2) is 14.5 Å². The molecule has 1 fully saturated rings. The number of hydrogen-bond donors (Lipinski definition) is 2. The number of aromatic nitrogens is 5. The Morgan fingerprint density at radius 3 is 2.75 bits per heavy atom. The molecule has 0 aromatic carbocycles. The molecule has 1 aliphatic carbocycles. The van der Waals surface area contributed by atoms with Gasteiger partial charge in [-0.05, 0) is 43.0 Å². The lowest BCUT2D eigenvalue weighted by Gasteiger charge is -2.29. The van der Waals surface area contributed by atoms with Crippen LogP contribution in [0.5, 0.6) is 0 Å². The SMILES string of the molecule is C1=C(c2c(-c3cnoc3)cc3cnc(Nc4ccc(N5CCNCC5)cn4)nn23)CCC1. The van der Waals surface area contributed by atoms with Gasteiger partial charge in [0.15, 0.2) is 0 Å². The van der Waals surface area contributed by atoms with Crippen molar-refractivity contribution in [3.05, 3.63) is 54.8 Å². The zero-order chi connectivity index (χ0) is 21.3. The molecule has 5 heterocycles. The number of piperazine rings is 1. The van der Waals surface area contributed by atoms with E-state index in [1.54, 1.807) is 12.5 Å². The fourth-order valence-electron chi connectivity index (χ4n) is 4.46. The first-order chi connectivity index (χ1) is 15.8. The fraction of sp³-hybridized carbons (Fsp3) is 0.304. The molecular weight excluding hydrogens is 404 g/mol. The van der Waals surface area contributed by atoms with Crippen LogP contribution in [0.1, 0.15) is 25.0 Å². The van der Waals surface area contributed by atoms with Gasteiger partial charge in [-0.15, -0.1) is 5.10 Å². The second-order valence-electron chi connectivity index (χ2n) is 8.12. The summed E-state index contributed by atoms with van der Waals surface area (Å²) >= 11 is 0. The summed E-state index contributed by atoms with van der Waals surface area (Å²) in [5.41, 5.74) is 6.43. The smallest absolute Gasteiger partial charge is 0.246 e. The molecule has 1 saturated heterocycles. The summed E-state index contributed by atoms with van der Waals surface area (Å²) in [6.07, 6.45) is 12.7. The van der Waals surface area contributed by atoms with Crippen molar-refractivity contribution in [2.75, 3.05) is 36.4 Å². The molecule has 0 bridgehead atoms. The van der Waals surface area contributed by atoms with Crippen molar-refractivity contribution in [1.82, 2.24) is 30.1 Å². The zero-order valence-electron chi connectivity index (χ0n) is 17.7. The molecule has 2 N–H and O–H groups in total. The van der Waals surface area contributed by atoms with Gasteiger partial charge in [0.05, 0.1) is 35.5 Å². The van der Waals surface area contributed by atoms with Crippen molar-refractivity contribution in [3.63, 3.8) is 0 Å². The van der Waals surface area contributed by atoms with Gasteiger partial charge in [0, 0.05) is 37.3 Å². The first-order valence-corrected chi connectivity index (χ1v) is 11.0. The lowest BCUT2D eigenvalue weighted by molar-refractivity contribution is 0.420. The van der Waals surface area contributed by atoms with E-state index in [4.69, 9.17) is 9.62 Å². The van der Waals surface area contributed by atoms with E-state index in [1.807, 2.05) is 23.0 Å². The predicted molar refractivity (Wildman–Crippen MR) is 123 cm³/mol. The van der Waals surface area contributed by atoms with Gasteiger partial charge in [0.2, 0.25) is 5.95 Å². The molecule has 1 aliphatic heterocycles. The Labute approximate surface area is 185 Å². The molecule has 0 saturated carbocycles. The Kier molecular flexibility index (Phi) is 4.80. The summed E-state index contributed by atoms with van der Waals surface area (Å²) in [7, 11) is 0. The summed E-state index contributed by atoms with van der Waals surface area (Å²) in [5.74, 6) is 1.23. The van der Waals surface area contributed by atoms with Crippen molar-refractivity contribution in [1.29, 1.82) is 0 Å². The van der Waals surface area contributed by atoms with E-state index in [9.17, 15) is 0 Å². The molecular formula is C23H24N8O. The first-order valence-electron chi connectivity index (χ1n) is 11.0. The maximum Gasteiger partial charge on any atom is 0.246 e. The average Bonchev–Trinajstić information content (AvgIpc) is 3.60. The van der Waals surface area contributed by atoms with Crippen molar-refractivity contribution >= 4 is 28.5 Å². The van der Waals surface area contributed by atoms with E-state index < -0.39 is 0 Å². The molecule has 9 heteroatoms.